The van der Waals surface area contributed by atoms with E-state index in [1.165, 1.54) is 11.3 Å². The predicted molar refractivity (Wildman–Crippen MR) is 98.7 cm³/mol. The highest BCUT2D eigenvalue weighted by Gasteiger charge is 2.17. The molecule has 0 saturated carbocycles. The summed E-state index contributed by atoms with van der Waals surface area (Å²) >= 11 is 1.50. The second kappa shape index (κ2) is 6.41. The molecule has 0 atom stereocenters. The van der Waals surface area contributed by atoms with Gasteiger partial charge < -0.3 is 10.1 Å². The number of benzene rings is 2. The lowest BCUT2D eigenvalue weighted by Gasteiger charge is -2.08. The van der Waals surface area contributed by atoms with E-state index in [4.69, 9.17) is 4.74 Å². The Hall–Kier alpha value is -3.12. The van der Waals surface area contributed by atoms with Gasteiger partial charge in [-0.3, -0.25) is 9.20 Å². The largest absolute Gasteiger partial charge is 0.457 e. The monoisotopic (exact) mass is 349 g/mol. The molecule has 5 nitrogen and oxygen atoms in total. The summed E-state index contributed by atoms with van der Waals surface area (Å²) in [6.07, 6.45) is 1.85. The van der Waals surface area contributed by atoms with Crippen molar-refractivity contribution in [3.8, 4) is 11.5 Å². The Kier molecular flexibility index (Phi) is 3.95. The van der Waals surface area contributed by atoms with E-state index in [2.05, 4.69) is 10.3 Å². The van der Waals surface area contributed by atoms with Crippen molar-refractivity contribution in [3.05, 3.63) is 77.6 Å². The van der Waals surface area contributed by atoms with Crippen LogP contribution in [0.1, 0.15) is 16.2 Å². The molecule has 4 rings (SSSR count). The second-order valence-electron chi connectivity index (χ2n) is 5.50. The Bertz CT molecular complexity index is 1020. The third-order valence-corrected chi connectivity index (χ3v) is 4.50. The van der Waals surface area contributed by atoms with Crippen LogP contribution in [0.15, 0.2) is 66.2 Å². The number of aryl methyl sites for hydroxylation is 1. The summed E-state index contributed by atoms with van der Waals surface area (Å²) < 4.78 is 7.56. The smallest absolute Gasteiger partial charge is 0.274 e. The fourth-order valence-electron chi connectivity index (χ4n) is 2.59. The van der Waals surface area contributed by atoms with Gasteiger partial charge in [-0.1, -0.05) is 18.2 Å². The predicted octanol–water partition coefficient (Wildman–Crippen LogP) is 4.75. The normalized spacial score (nSPS) is 10.8. The lowest BCUT2D eigenvalue weighted by atomic mass is 10.2. The SMILES string of the molecule is Cc1nc2sccn2c1C(=O)Nc1ccc(Oc2ccccc2)cc1. The maximum Gasteiger partial charge on any atom is 0.274 e. The van der Waals surface area contributed by atoms with Crippen LogP contribution in [-0.4, -0.2) is 15.3 Å². The zero-order chi connectivity index (χ0) is 17.2. The lowest BCUT2D eigenvalue weighted by Crippen LogP contribution is -2.15. The molecule has 2 aromatic heterocycles. The van der Waals surface area contributed by atoms with Crippen molar-refractivity contribution in [3.63, 3.8) is 0 Å². The standard InChI is InChI=1S/C19H15N3O2S/c1-13-17(22-11-12-25-19(22)20-13)18(23)21-14-7-9-16(10-8-14)24-15-5-3-2-4-6-15/h2-12H,1H3,(H,21,23). The van der Waals surface area contributed by atoms with Gasteiger partial charge in [-0.05, 0) is 43.3 Å². The molecule has 0 aliphatic heterocycles. The molecule has 1 amide bonds. The van der Waals surface area contributed by atoms with Gasteiger partial charge in [0.05, 0.1) is 5.69 Å². The highest BCUT2D eigenvalue weighted by atomic mass is 32.1. The fraction of sp³-hybridized carbons (Fsp3) is 0.0526. The summed E-state index contributed by atoms with van der Waals surface area (Å²) in [5, 5.41) is 4.82. The van der Waals surface area contributed by atoms with Crippen molar-refractivity contribution in [2.45, 2.75) is 6.92 Å². The first-order valence-corrected chi connectivity index (χ1v) is 8.65. The van der Waals surface area contributed by atoms with Gasteiger partial charge in [0.1, 0.15) is 17.2 Å². The van der Waals surface area contributed by atoms with Gasteiger partial charge in [-0.25, -0.2) is 4.98 Å². The quantitative estimate of drug-likeness (QED) is 0.578. The zero-order valence-electron chi connectivity index (χ0n) is 13.5. The molecule has 0 bridgehead atoms. The lowest BCUT2D eigenvalue weighted by molar-refractivity contribution is 0.102. The molecule has 124 valence electrons. The van der Waals surface area contributed by atoms with Crippen molar-refractivity contribution in [2.24, 2.45) is 0 Å². The molecule has 0 aliphatic carbocycles. The molecule has 6 heteroatoms. The van der Waals surface area contributed by atoms with Crippen LogP contribution in [0, 0.1) is 6.92 Å². The van der Waals surface area contributed by atoms with Crippen LogP contribution in [-0.2, 0) is 0 Å². The van der Waals surface area contributed by atoms with Gasteiger partial charge >= 0.3 is 0 Å². The molecule has 0 unspecified atom stereocenters. The molecule has 1 N–H and O–H groups in total. The van der Waals surface area contributed by atoms with Crippen LogP contribution in [0.4, 0.5) is 5.69 Å². The number of imidazole rings is 1. The van der Waals surface area contributed by atoms with E-state index in [1.807, 2.05) is 77.5 Å². The number of thiazole rings is 1. The number of rotatable bonds is 4. The van der Waals surface area contributed by atoms with E-state index < -0.39 is 0 Å². The number of carbonyl (C=O) groups excluding carboxylic acids is 1. The number of carbonyl (C=O) groups is 1. The topological polar surface area (TPSA) is 55.6 Å². The van der Waals surface area contributed by atoms with E-state index in [1.54, 1.807) is 0 Å². The Morgan fingerprint density at radius 1 is 1.08 bits per heavy atom. The Labute approximate surface area is 148 Å². The molecule has 0 fully saturated rings. The summed E-state index contributed by atoms with van der Waals surface area (Å²) in [6.45, 7) is 1.84. The zero-order valence-corrected chi connectivity index (χ0v) is 14.3. The summed E-state index contributed by atoms with van der Waals surface area (Å²) in [5.74, 6) is 1.30. The van der Waals surface area contributed by atoms with Gasteiger partial charge in [0.2, 0.25) is 0 Å². The average molecular weight is 349 g/mol. The van der Waals surface area contributed by atoms with Crippen molar-refractivity contribution >= 4 is 27.9 Å². The van der Waals surface area contributed by atoms with E-state index in [-0.39, 0.29) is 5.91 Å². The van der Waals surface area contributed by atoms with Gasteiger partial charge in [-0.2, -0.15) is 0 Å². The second-order valence-corrected chi connectivity index (χ2v) is 6.37. The van der Waals surface area contributed by atoms with Crippen LogP contribution in [0.3, 0.4) is 0 Å². The first-order valence-electron chi connectivity index (χ1n) is 7.77. The molecule has 0 saturated heterocycles. The molecule has 0 radical (unpaired) electrons. The molecule has 0 spiro atoms. The Balaban J connectivity index is 1.50. The van der Waals surface area contributed by atoms with Crippen LogP contribution in [0.25, 0.3) is 4.96 Å². The number of fused-ring (bicyclic) bond motifs is 1. The third kappa shape index (κ3) is 3.12. The number of nitrogens with zero attached hydrogens (tertiary/aromatic N) is 2. The maximum atomic E-state index is 12.6. The minimum Gasteiger partial charge on any atom is -0.457 e. The van der Waals surface area contributed by atoms with Gasteiger partial charge in [0, 0.05) is 17.3 Å². The van der Waals surface area contributed by atoms with E-state index in [9.17, 15) is 4.79 Å². The number of nitrogens with one attached hydrogen (secondary N) is 1. The summed E-state index contributed by atoms with van der Waals surface area (Å²) in [4.78, 5) is 17.8. The summed E-state index contributed by atoms with van der Waals surface area (Å²) in [7, 11) is 0. The molecule has 4 aromatic rings. The van der Waals surface area contributed by atoms with Crippen LogP contribution >= 0.6 is 11.3 Å². The van der Waals surface area contributed by atoms with Crippen LogP contribution < -0.4 is 10.1 Å². The van der Waals surface area contributed by atoms with Crippen molar-refractivity contribution < 1.29 is 9.53 Å². The van der Waals surface area contributed by atoms with Gasteiger partial charge in [0.25, 0.3) is 5.91 Å². The number of amides is 1. The summed E-state index contributed by atoms with van der Waals surface area (Å²) in [5.41, 5.74) is 1.98. The minimum absolute atomic E-state index is 0.180. The van der Waals surface area contributed by atoms with Crippen molar-refractivity contribution in [1.82, 2.24) is 9.38 Å². The highest BCUT2D eigenvalue weighted by molar-refractivity contribution is 7.15. The van der Waals surface area contributed by atoms with Crippen LogP contribution in [0.2, 0.25) is 0 Å². The highest BCUT2D eigenvalue weighted by Crippen LogP contribution is 2.23. The number of para-hydroxylation sites is 1. The van der Waals surface area contributed by atoms with Gasteiger partial charge in [0.15, 0.2) is 4.96 Å². The number of hydrogen-bond acceptors (Lipinski definition) is 4. The van der Waals surface area contributed by atoms with E-state index >= 15 is 0 Å². The third-order valence-electron chi connectivity index (χ3n) is 3.74. The fourth-order valence-corrected chi connectivity index (χ4v) is 3.35. The van der Waals surface area contributed by atoms with E-state index in [0.717, 1.165) is 10.7 Å². The first kappa shape index (κ1) is 15.4. The number of anilines is 1. The van der Waals surface area contributed by atoms with Gasteiger partial charge in [-0.15, -0.1) is 11.3 Å². The summed E-state index contributed by atoms with van der Waals surface area (Å²) in [6, 6.07) is 16.8. The number of hydrogen-bond donors (Lipinski definition) is 1. The number of ether oxygens (including phenoxy) is 1. The van der Waals surface area contributed by atoms with Crippen LogP contribution in [0.5, 0.6) is 11.5 Å². The average Bonchev–Trinajstić information content (AvgIpc) is 3.17. The molecule has 25 heavy (non-hydrogen) atoms. The maximum absolute atomic E-state index is 12.6. The van der Waals surface area contributed by atoms with Crippen molar-refractivity contribution in [2.75, 3.05) is 5.32 Å². The molecular formula is C19H15N3O2S. The Morgan fingerprint density at radius 2 is 1.80 bits per heavy atom. The van der Waals surface area contributed by atoms with Crippen molar-refractivity contribution in [1.29, 1.82) is 0 Å². The molecule has 2 aromatic carbocycles. The Morgan fingerprint density at radius 3 is 2.56 bits per heavy atom. The molecular weight excluding hydrogens is 334 g/mol. The first-order chi connectivity index (χ1) is 12.2. The number of aromatic nitrogens is 2. The van der Waals surface area contributed by atoms with E-state index in [0.29, 0.717) is 22.8 Å². The molecule has 0 aliphatic rings. The molecule has 2 heterocycles. The minimum atomic E-state index is -0.180.